The van der Waals surface area contributed by atoms with Crippen molar-refractivity contribution in [2.75, 3.05) is 16.8 Å². The van der Waals surface area contributed by atoms with E-state index in [1.165, 1.54) is 6.07 Å². The number of aromatic nitrogens is 3. The summed E-state index contributed by atoms with van der Waals surface area (Å²) in [5.41, 5.74) is 1.52. The van der Waals surface area contributed by atoms with Gasteiger partial charge in [0, 0.05) is 41.6 Å². The highest BCUT2D eigenvalue weighted by atomic mass is 35.5. The van der Waals surface area contributed by atoms with E-state index in [9.17, 15) is 13.2 Å². The maximum absolute atomic E-state index is 13.6. The average Bonchev–Trinajstić information content (AvgIpc) is 3.23. The first-order valence-electron chi connectivity index (χ1n) is 14.0. The Morgan fingerprint density at radius 1 is 1.05 bits per heavy atom. The zero-order chi connectivity index (χ0) is 29.4. The summed E-state index contributed by atoms with van der Waals surface area (Å²) in [5, 5.41) is 3.17. The molecule has 9 nitrogen and oxygen atoms in total. The van der Waals surface area contributed by atoms with Gasteiger partial charge >= 0.3 is 0 Å². The van der Waals surface area contributed by atoms with Gasteiger partial charge in [0.25, 0.3) is 15.9 Å². The normalized spacial score (nSPS) is 21.7. The molecule has 0 radical (unpaired) electrons. The number of amides is 1. The van der Waals surface area contributed by atoms with Crippen molar-refractivity contribution in [3.63, 3.8) is 0 Å². The second-order valence-corrected chi connectivity index (χ2v) is 14.2. The lowest BCUT2D eigenvalue weighted by atomic mass is 9.90. The molecule has 4 bridgehead atoms. The van der Waals surface area contributed by atoms with Crippen molar-refractivity contribution in [2.24, 2.45) is 5.92 Å². The van der Waals surface area contributed by atoms with Crippen molar-refractivity contribution in [3.8, 4) is 0 Å². The summed E-state index contributed by atoms with van der Waals surface area (Å²) in [6.07, 6.45) is 10.3. The smallest absolute Gasteiger partial charge is 0.281 e. The van der Waals surface area contributed by atoms with Crippen LogP contribution in [0.5, 0.6) is 0 Å². The maximum Gasteiger partial charge on any atom is 0.281 e. The van der Waals surface area contributed by atoms with E-state index < -0.39 is 15.9 Å². The summed E-state index contributed by atoms with van der Waals surface area (Å²) >= 11 is 0. The molecular formula is C31H39ClN6O3S. The summed E-state index contributed by atoms with van der Waals surface area (Å²) in [6, 6.07) is 12.0. The number of rotatable bonds is 2. The maximum atomic E-state index is 13.6. The van der Waals surface area contributed by atoms with Crippen LogP contribution in [0.15, 0.2) is 66.0 Å². The van der Waals surface area contributed by atoms with Crippen LogP contribution in [0.25, 0.3) is 6.08 Å². The SMILES string of the molecule is CC(C)(C)c1ccc2c(n1)N1C[C@@H](CCC(/C=C/c3cccnc3)Nc3cccc(n3)S(=O)(=O)NC2=O)CC1(C)C.Cl. The molecule has 5 rings (SSSR count). The number of sulfonamides is 1. The third kappa shape index (κ3) is 6.93. The molecule has 11 heteroatoms. The molecule has 1 unspecified atom stereocenters. The average molecular weight is 611 g/mol. The number of carbonyl (C=O) groups excluding carboxylic acids is 1. The van der Waals surface area contributed by atoms with Crippen molar-refractivity contribution < 1.29 is 13.2 Å². The largest absolute Gasteiger partial charge is 0.364 e. The monoisotopic (exact) mass is 610 g/mol. The molecule has 42 heavy (non-hydrogen) atoms. The highest BCUT2D eigenvalue weighted by Crippen LogP contribution is 2.40. The van der Waals surface area contributed by atoms with Gasteiger partial charge in [0.05, 0.1) is 5.56 Å². The fraction of sp³-hybridized carbons (Fsp3) is 0.419. The first-order valence-corrected chi connectivity index (χ1v) is 15.5. The van der Waals surface area contributed by atoms with E-state index in [-0.39, 0.29) is 40.0 Å². The molecule has 0 spiro atoms. The van der Waals surface area contributed by atoms with Crippen molar-refractivity contribution in [1.82, 2.24) is 19.7 Å². The second kappa shape index (κ2) is 12.0. The van der Waals surface area contributed by atoms with Crippen LogP contribution in [0.4, 0.5) is 11.6 Å². The van der Waals surface area contributed by atoms with Crippen LogP contribution in [0.2, 0.25) is 0 Å². The number of anilines is 2. The molecule has 0 aliphatic carbocycles. The van der Waals surface area contributed by atoms with E-state index in [4.69, 9.17) is 4.98 Å². The third-order valence-corrected chi connectivity index (χ3v) is 8.99. The minimum absolute atomic E-state index is 0. The Hall–Kier alpha value is -3.50. The number of nitrogens with one attached hydrogen (secondary N) is 2. The zero-order valence-electron chi connectivity index (χ0n) is 24.7. The lowest BCUT2D eigenvalue weighted by Crippen LogP contribution is -2.41. The Balaban J connectivity index is 0.00000405. The van der Waals surface area contributed by atoms with E-state index in [0.29, 0.717) is 24.1 Å². The minimum Gasteiger partial charge on any atom is -0.364 e. The van der Waals surface area contributed by atoms with E-state index >= 15 is 0 Å². The predicted octanol–water partition coefficient (Wildman–Crippen LogP) is 5.60. The Labute approximate surface area is 254 Å². The molecule has 1 amide bonds. The topological polar surface area (TPSA) is 117 Å². The van der Waals surface area contributed by atoms with Gasteiger partial charge in [0.1, 0.15) is 11.6 Å². The molecule has 5 heterocycles. The molecule has 2 atom stereocenters. The molecule has 2 aliphatic heterocycles. The minimum atomic E-state index is -4.25. The van der Waals surface area contributed by atoms with Crippen LogP contribution in [-0.4, -0.2) is 47.4 Å². The van der Waals surface area contributed by atoms with Gasteiger partial charge < -0.3 is 10.2 Å². The van der Waals surface area contributed by atoms with Crippen LogP contribution in [0.3, 0.4) is 0 Å². The number of hydrogen-bond donors (Lipinski definition) is 2. The Morgan fingerprint density at radius 2 is 1.83 bits per heavy atom. The number of hydrogen-bond acceptors (Lipinski definition) is 8. The van der Waals surface area contributed by atoms with Gasteiger partial charge in [-0.3, -0.25) is 9.78 Å². The van der Waals surface area contributed by atoms with E-state index in [2.05, 4.69) is 65.6 Å². The third-order valence-electron chi connectivity index (χ3n) is 7.75. The standard InChI is InChI=1S/C31H38N6O3S.ClH/c1-30(2,3)25-16-15-24-28(34-25)37-20-22(18-31(37,4)5)12-14-23(13-11-21-8-7-17-32-19-21)33-26-9-6-10-27(35-26)41(39,40)36-29(24)38;/h6-11,13,15-17,19,22-23H,12,14,18,20H2,1-5H3,(H,33,35)(H,36,38);1H/b13-11+;/t22-,23?;/m0./s1. The van der Waals surface area contributed by atoms with Gasteiger partial charge in [-0.15, -0.1) is 12.4 Å². The van der Waals surface area contributed by atoms with Crippen LogP contribution < -0.4 is 14.9 Å². The van der Waals surface area contributed by atoms with Gasteiger partial charge in [-0.25, -0.2) is 14.7 Å². The molecule has 2 aliphatic rings. The first-order chi connectivity index (χ1) is 19.3. The summed E-state index contributed by atoms with van der Waals surface area (Å²) in [4.78, 5) is 29.3. The molecule has 0 aromatic carbocycles. The number of fused-ring (bicyclic) bond motifs is 6. The number of carbonyl (C=O) groups is 1. The van der Waals surface area contributed by atoms with Gasteiger partial charge in [0.2, 0.25) is 0 Å². The fourth-order valence-electron chi connectivity index (χ4n) is 5.60. The Morgan fingerprint density at radius 3 is 2.55 bits per heavy atom. The van der Waals surface area contributed by atoms with Gasteiger partial charge in [-0.1, -0.05) is 45.1 Å². The van der Waals surface area contributed by atoms with Gasteiger partial charge in [0.15, 0.2) is 5.03 Å². The Bertz CT molecular complexity index is 1570. The van der Waals surface area contributed by atoms with Gasteiger partial charge in [-0.05, 0) is 74.9 Å². The van der Waals surface area contributed by atoms with Crippen molar-refractivity contribution in [3.05, 3.63) is 77.8 Å². The highest BCUT2D eigenvalue weighted by molar-refractivity contribution is 7.90. The summed E-state index contributed by atoms with van der Waals surface area (Å²) in [6.45, 7) is 11.2. The van der Waals surface area contributed by atoms with Crippen LogP contribution in [0, 0.1) is 5.92 Å². The fourth-order valence-corrected chi connectivity index (χ4v) is 6.53. The van der Waals surface area contributed by atoms with E-state index in [1.54, 1.807) is 30.6 Å². The first kappa shape index (κ1) is 31.4. The molecule has 224 valence electrons. The van der Waals surface area contributed by atoms with Crippen molar-refractivity contribution in [1.29, 1.82) is 0 Å². The number of nitrogens with zero attached hydrogens (tertiary/aromatic N) is 4. The summed E-state index contributed by atoms with van der Waals surface area (Å²) < 4.78 is 29.0. The predicted molar refractivity (Wildman–Crippen MR) is 169 cm³/mol. The molecule has 1 fully saturated rings. The van der Waals surface area contributed by atoms with Crippen LogP contribution in [0.1, 0.15) is 75.5 Å². The summed E-state index contributed by atoms with van der Waals surface area (Å²) in [5.74, 6) is 0.562. The zero-order valence-corrected chi connectivity index (χ0v) is 26.3. The molecular weight excluding hydrogens is 572 g/mol. The van der Waals surface area contributed by atoms with E-state index in [1.807, 2.05) is 24.3 Å². The molecule has 3 aromatic rings. The lowest BCUT2D eigenvalue weighted by molar-refractivity contribution is 0.0981. The molecule has 0 saturated carbocycles. The quantitative estimate of drug-likeness (QED) is 0.385. The van der Waals surface area contributed by atoms with Crippen LogP contribution in [-0.2, 0) is 15.4 Å². The molecule has 3 aromatic heterocycles. The molecule has 2 N–H and O–H groups in total. The highest BCUT2D eigenvalue weighted by Gasteiger charge is 2.41. The van der Waals surface area contributed by atoms with Gasteiger partial charge in [-0.2, -0.15) is 8.42 Å². The van der Waals surface area contributed by atoms with Crippen molar-refractivity contribution in [2.45, 2.75) is 75.9 Å². The lowest BCUT2D eigenvalue weighted by Gasteiger charge is -2.34. The number of halogens is 1. The van der Waals surface area contributed by atoms with E-state index in [0.717, 1.165) is 30.5 Å². The Kier molecular flexibility index (Phi) is 8.99. The van der Waals surface area contributed by atoms with Crippen LogP contribution >= 0.6 is 12.4 Å². The molecule has 1 saturated heterocycles. The summed E-state index contributed by atoms with van der Waals surface area (Å²) in [7, 11) is -4.25. The van der Waals surface area contributed by atoms with Crippen molar-refractivity contribution >= 4 is 46.0 Å². The second-order valence-electron chi connectivity index (χ2n) is 12.6. The number of pyridine rings is 3.